The monoisotopic (exact) mass is 316 g/mol. The molecule has 0 saturated carbocycles. The van der Waals surface area contributed by atoms with E-state index in [9.17, 15) is 13.2 Å². The summed E-state index contributed by atoms with van der Waals surface area (Å²) in [5.74, 6) is 0.0259. The van der Waals surface area contributed by atoms with E-state index in [1.807, 2.05) is 50.0 Å². The first-order valence-corrected chi connectivity index (χ1v) is 10.3. The number of allylic oxidation sites excluding steroid dienone is 2. The van der Waals surface area contributed by atoms with Crippen LogP contribution in [-0.2, 0) is 10.8 Å². The molecule has 1 rings (SSSR count). The van der Waals surface area contributed by atoms with E-state index >= 15 is 0 Å². The van der Waals surface area contributed by atoms with Gasteiger partial charge in [0.1, 0.15) is 0 Å². The van der Waals surface area contributed by atoms with Crippen molar-refractivity contribution in [3.8, 4) is 0 Å². The topological polar surface area (TPSA) is 9.23 Å². The van der Waals surface area contributed by atoms with Gasteiger partial charge in [0.05, 0.1) is 11.8 Å². The number of rotatable bonds is 5. The van der Waals surface area contributed by atoms with Gasteiger partial charge in [0.2, 0.25) is 8.32 Å². The summed E-state index contributed by atoms with van der Waals surface area (Å²) in [6.07, 6.45) is -3.56. The Hall–Kier alpha value is -1.23. The van der Waals surface area contributed by atoms with Gasteiger partial charge in [-0.15, -0.1) is 0 Å². The summed E-state index contributed by atoms with van der Waals surface area (Å²) in [6.45, 7) is 9.23. The molecule has 0 saturated heterocycles. The van der Waals surface area contributed by atoms with E-state index in [2.05, 4.69) is 0 Å². The van der Waals surface area contributed by atoms with Gasteiger partial charge in [-0.2, -0.15) is 13.2 Å². The maximum absolute atomic E-state index is 12.8. The van der Waals surface area contributed by atoms with Crippen LogP contribution in [0.2, 0.25) is 19.6 Å². The molecule has 0 atom stereocenters. The molecule has 0 fully saturated rings. The Balaban J connectivity index is 3.08. The van der Waals surface area contributed by atoms with E-state index in [1.54, 1.807) is 13.8 Å². The maximum Gasteiger partial charge on any atom is 0.412 e. The van der Waals surface area contributed by atoms with Crippen molar-refractivity contribution < 1.29 is 17.6 Å². The molecule has 0 aliphatic carbocycles. The van der Waals surface area contributed by atoms with Crippen LogP contribution in [0.15, 0.2) is 42.2 Å². The van der Waals surface area contributed by atoms with E-state index in [1.165, 1.54) is 0 Å². The average molecular weight is 316 g/mol. The zero-order valence-corrected chi connectivity index (χ0v) is 14.2. The minimum Gasteiger partial charge on any atom is -0.547 e. The Labute approximate surface area is 126 Å². The van der Waals surface area contributed by atoms with Crippen LogP contribution in [0.5, 0.6) is 0 Å². The van der Waals surface area contributed by atoms with Gasteiger partial charge in [-0.05, 0) is 31.6 Å². The lowest BCUT2D eigenvalue weighted by Crippen LogP contribution is -2.32. The second kappa shape index (κ2) is 6.26. The molecular formula is C16H23F3OSi. The molecule has 1 aromatic rings. The molecule has 5 heteroatoms. The highest BCUT2D eigenvalue weighted by molar-refractivity contribution is 6.70. The van der Waals surface area contributed by atoms with Gasteiger partial charge in [0, 0.05) is 5.41 Å². The summed E-state index contributed by atoms with van der Waals surface area (Å²) in [5, 5.41) is 0. The Morgan fingerprint density at radius 3 is 2.05 bits per heavy atom. The summed E-state index contributed by atoms with van der Waals surface area (Å²) in [4.78, 5) is 0. The molecule has 0 aliphatic rings. The summed E-state index contributed by atoms with van der Waals surface area (Å²) in [6, 6.07) is 9.50. The lowest BCUT2D eigenvalue weighted by atomic mass is 9.83. The van der Waals surface area contributed by atoms with E-state index < -0.39 is 19.9 Å². The minimum absolute atomic E-state index is 0.0259. The molecule has 21 heavy (non-hydrogen) atoms. The van der Waals surface area contributed by atoms with Crippen LogP contribution in [0.3, 0.4) is 0 Å². The first-order valence-electron chi connectivity index (χ1n) is 6.92. The molecule has 0 amide bonds. The molecule has 0 N–H and O–H groups in total. The normalized spacial score (nSPS) is 14.2. The summed E-state index contributed by atoms with van der Waals surface area (Å²) >= 11 is 0. The molecule has 1 nitrogen and oxygen atoms in total. The van der Waals surface area contributed by atoms with Crippen molar-refractivity contribution in [2.45, 2.75) is 46.1 Å². The standard InChI is InChI=1S/C16H23F3OSi/c1-15(2,11-13-9-7-6-8-10-13)14(12-16(17,18)19)20-21(3,4)5/h6-10,12H,11H2,1-5H3/b14-12-. The highest BCUT2D eigenvalue weighted by Gasteiger charge is 2.35. The van der Waals surface area contributed by atoms with Crippen molar-refractivity contribution in [1.82, 2.24) is 0 Å². The van der Waals surface area contributed by atoms with Crippen molar-refractivity contribution in [1.29, 1.82) is 0 Å². The Morgan fingerprint density at radius 1 is 1.10 bits per heavy atom. The van der Waals surface area contributed by atoms with Crippen LogP contribution in [0, 0.1) is 5.41 Å². The van der Waals surface area contributed by atoms with Gasteiger partial charge >= 0.3 is 6.18 Å². The third-order valence-electron chi connectivity index (χ3n) is 2.87. The quantitative estimate of drug-likeness (QED) is 0.511. The molecular weight excluding hydrogens is 293 g/mol. The fourth-order valence-corrected chi connectivity index (χ4v) is 3.03. The van der Waals surface area contributed by atoms with E-state index in [-0.39, 0.29) is 5.76 Å². The molecule has 0 unspecified atom stereocenters. The molecule has 1 aromatic carbocycles. The molecule has 0 heterocycles. The van der Waals surface area contributed by atoms with Gasteiger partial charge in [-0.25, -0.2) is 0 Å². The third-order valence-corrected chi connectivity index (χ3v) is 3.70. The lowest BCUT2D eigenvalue weighted by Gasteiger charge is -2.33. The number of alkyl halides is 3. The third kappa shape index (κ3) is 6.84. The van der Waals surface area contributed by atoms with Crippen LogP contribution in [-0.4, -0.2) is 14.5 Å². The first kappa shape index (κ1) is 17.8. The summed E-state index contributed by atoms with van der Waals surface area (Å²) < 4.78 is 44.2. The smallest absolute Gasteiger partial charge is 0.412 e. The molecule has 0 bridgehead atoms. The highest BCUT2D eigenvalue weighted by atomic mass is 28.4. The van der Waals surface area contributed by atoms with Crippen LogP contribution in [0.4, 0.5) is 13.2 Å². The maximum atomic E-state index is 12.8. The van der Waals surface area contributed by atoms with E-state index in [0.29, 0.717) is 12.5 Å². The molecule has 0 aliphatic heterocycles. The van der Waals surface area contributed by atoms with Crippen LogP contribution < -0.4 is 0 Å². The highest BCUT2D eigenvalue weighted by Crippen LogP contribution is 2.36. The fraction of sp³-hybridized carbons (Fsp3) is 0.500. The zero-order chi connectivity index (χ0) is 16.3. The molecule has 0 radical (unpaired) electrons. The second-order valence-corrected chi connectivity index (χ2v) is 11.2. The SMILES string of the molecule is CC(C)(Cc1ccccc1)/C(=C/C(F)(F)F)O[Si](C)(C)C. The largest absolute Gasteiger partial charge is 0.547 e. The van der Waals surface area contributed by atoms with Gasteiger partial charge in [-0.3, -0.25) is 0 Å². The van der Waals surface area contributed by atoms with Crippen molar-refractivity contribution in [3.63, 3.8) is 0 Å². The minimum atomic E-state index is -4.37. The van der Waals surface area contributed by atoms with Crippen LogP contribution in [0.25, 0.3) is 0 Å². The lowest BCUT2D eigenvalue weighted by molar-refractivity contribution is -0.0832. The number of hydrogen-bond acceptors (Lipinski definition) is 1. The van der Waals surface area contributed by atoms with Gasteiger partial charge < -0.3 is 4.43 Å². The predicted octanol–water partition coefficient (Wildman–Crippen LogP) is 5.55. The number of halogens is 3. The van der Waals surface area contributed by atoms with Crippen molar-refractivity contribution in [3.05, 3.63) is 47.7 Å². The number of hydrogen-bond donors (Lipinski definition) is 0. The summed E-state index contributed by atoms with van der Waals surface area (Å²) in [7, 11) is -2.12. The average Bonchev–Trinajstić information content (AvgIpc) is 2.25. The van der Waals surface area contributed by atoms with E-state index in [4.69, 9.17) is 4.43 Å². The zero-order valence-electron chi connectivity index (χ0n) is 13.2. The number of benzene rings is 1. The molecule has 0 spiro atoms. The Bertz CT molecular complexity index is 484. The van der Waals surface area contributed by atoms with Gasteiger partial charge in [-0.1, -0.05) is 44.2 Å². The van der Waals surface area contributed by atoms with Crippen molar-refractivity contribution in [2.24, 2.45) is 5.41 Å². The fourth-order valence-electron chi connectivity index (χ4n) is 2.03. The Morgan fingerprint density at radius 2 is 1.62 bits per heavy atom. The van der Waals surface area contributed by atoms with Crippen LogP contribution in [0.1, 0.15) is 19.4 Å². The predicted molar refractivity (Wildman–Crippen MR) is 82.5 cm³/mol. The van der Waals surface area contributed by atoms with Gasteiger partial charge in [0.25, 0.3) is 0 Å². The van der Waals surface area contributed by atoms with Crippen molar-refractivity contribution >= 4 is 8.32 Å². The molecule has 118 valence electrons. The summed E-state index contributed by atoms with van der Waals surface area (Å²) in [5.41, 5.74) is 0.284. The second-order valence-electron chi connectivity index (χ2n) is 6.81. The Kier molecular flexibility index (Phi) is 5.31. The van der Waals surface area contributed by atoms with E-state index in [0.717, 1.165) is 5.56 Å². The first-order chi connectivity index (χ1) is 9.39. The van der Waals surface area contributed by atoms with Crippen molar-refractivity contribution in [2.75, 3.05) is 0 Å². The van der Waals surface area contributed by atoms with Gasteiger partial charge in [0.15, 0.2) is 0 Å². The van der Waals surface area contributed by atoms with Crippen LogP contribution >= 0.6 is 0 Å². The molecule has 0 aromatic heterocycles.